The van der Waals surface area contributed by atoms with E-state index in [1.54, 1.807) is 18.2 Å². The van der Waals surface area contributed by atoms with Crippen LogP contribution in [0.4, 0.5) is 0 Å². The van der Waals surface area contributed by atoms with E-state index in [0.29, 0.717) is 5.56 Å². The molecule has 0 heterocycles. The second-order valence-corrected chi connectivity index (χ2v) is 3.46. The number of nitriles is 1. The fourth-order valence-corrected chi connectivity index (χ4v) is 1.59. The minimum atomic E-state index is -0.865. The van der Waals surface area contributed by atoms with Crippen LogP contribution < -0.4 is 0 Å². The number of nitrogens with zero attached hydrogens (tertiary/aromatic N) is 1. The van der Waals surface area contributed by atoms with Gasteiger partial charge in [0.05, 0.1) is 13.2 Å². The number of benzene rings is 1. The van der Waals surface area contributed by atoms with Crippen LogP contribution in [0.3, 0.4) is 0 Å². The van der Waals surface area contributed by atoms with Crippen molar-refractivity contribution in [1.82, 2.24) is 0 Å². The predicted octanol–water partition coefficient (Wildman–Crippen LogP) is 2.23. The van der Waals surface area contributed by atoms with E-state index in [-0.39, 0.29) is 0 Å². The summed E-state index contributed by atoms with van der Waals surface area (Å²) in [5.41, 5.74) is 0.627. The molecule has 1 atom stereocenters. The second-order valence-electron chi connectivity index (χ2n) is 2.61. The quantitative estimate of drug-likeness (QED) is 0.760. The lowest BCUT2D eigenvalue weighted by atomic mass is 10.0. The van der Waals surface area contributed by atoms with Gasteiger partial charge < -0.3 is 4.74 Å². The second kappa shape index (κ2) is 4.77. The van der Waals surface area contributed by atoms with E-state index in [2.05, 4.69) is 20.7 Å². The minimum absolute atomic E-state index is 0.542. The smallest absolute Gasteiger partial charge is 0.327 e. The standard InChI is InChI=1S/C10H8BrNO2/c1-14-10(13)8(6-12)7-4-2-3-5-9(7)11/h2-5,8H,1H3/t8-/m0/s1. The summed E-state index contributed by atoms with van der Waals surface area (Å²) in [4.78, 5) is 11.2. The van der Waals surface area contributed by atoms with Gasteiger partial charge in [0.1, 0.15) is 0 Å². The maximum atomic E-state index is 11.2. The lowest BCUT2D eigenvalue weighted by Crippen LogP contribution is -2.12. The van der Waals surface area contributed by atoms with Gasteiger partial charge in [0.15, 0.2) is 5.92 Å². The van der Waals surface area contributed by atoms with E-state index in [1.807, 2.05) is 12.1 Å². The van der Waals surface area contributed by atoms with E-state index >= 15 is 0 Å². The molecule has 3 nitrogen and oxygen atoms in total. The Morgan fingerprint density at radius 3 is 2.71 bits per heavy atom. The average molecular weight is 254 g/mol. The van der Waals surface area contributed by atoms with Crippen LogP contribution in [0.5, 0.6) is 0 Å². The van der Waals surface area contributed by atoms with E-state index < -0.39 is 11.9 Å². The van der Waals surface area contributed by atoms with Gasteiger partial charge in [-0.05, 0) is 11.6 Å². The Hall–Kier alpha value is -1.34. The Kier molecular flexibility index (Phi) is 3.66. The number of methoxy groups -OCH3 is 1. The van der Waals surface area contributed by atoms with Crippen molar-refractivity contribution in [1.29, 1.82) is 5.26 Å². The van der Waals surface area contributed by atoms with Crippen LogP contribution in [0.2, 0.25) is 0 Å². The average Bonchev–Trinajstić information content (AvgIpc) is 2.21. The van der Waals surface area contributed by atoms with Crippen molar-refractivity contribution >= 4 is 21.9 Å². The normalized spacial score (nSPS) is 11.5. The van der Waals surface area contributed by atoms with Crippen molar-refractivity contribution in [3.63, 3.8) is 0 Å². The molecule has 1 aromatic carbocycles. The van der Waals surface area contributed by atoms with Crippen molar-refractivity contribution in [3.05, 3.63) is 34.3 Å². The Balaban J connectivity index is 3.09. The van der Waals surface area contributed by atoms with Crippen LogP contribution in [-0.4, -0.2) is 13.1 Å². The van der Waals surface area contributed by atoms with Gasteiger partial charge in [-0.2, -0.15) is 5.26 Å². The molecular formula is C10H8BrNO2. The maximum Gasteiger partial charge on any atom is 0.327 e. The molecule has 0 N–H and O–H groups in total. The SMILES string of the molecule is COC(=O)[C@@H](C#N)c1ccccc1Br. The number of hydrogen-bond acceptors (Lipinski definition) is 3. The van der Waals surface area contributed by atoms with Gasteiger partial charge in [-0.1, -0.05) is 34.1 Å². The zero-order valence-corrected chi connectivity index (χ0v) is 9.11. The maximum absolute atomic E-state index is 11.2. The van der Waals surface area contributed by atoms with E-state index in [0.717, 1.165) is 4.47 Å². The van der Waals surface area contributed by atoms with Crippen molar-refractivity contribution in [2.45, 2.75) is 5.92 Å². The molecule has 0 aliphatic rings. The number of esters is 1. The molecule has 4 heteroatoms. The molecule has 0 aliphatic carbocycles. The highest BCUT2D eigenvalue weighted by Crippen LogP contribution is 2.25. The Morgan fingerprint density at radius 1 is 1.57 bits per heavy atom. The predicted molar refractivity (Wildman–Crippen MR) is 54.5 cm³/mol. The van der Waals surface area contributed by atoms with Gasteiger partial charge in [-0.25, -0.2) is 0 Å². The number of hydrogen-bond donors (Lipinski definition) is 0. The van der Waals surface area contributed by atoms with Gasteiger partial charge >= 0.3 is 5.97 Å². The van der Waals surface area contributed by atoms with Crippen LogP contribution in [0.25, 0.3) is 0 Å². The van der Waals surface area contributed by atoms with Gasteiger partial charge in [-0.3, -0.25) is 4.79 Å². The fourth-order valence-electron chi connectivity index (χ4n) is 1.08. The molecule has 0 saturated heterocycles. The highest BCUT2D eigenvalue weighted by Gasteiger charge is 2.22. The summed E-state index contributed by atoms with van der Waals surface area (Å²) in [5, 5.41) is 8.83. The monoisotopic (exact) mass is 253 g/mol. The van der Waals surface area contributed by atoms with Gasteiger partial charge in [0, 0.05) is 4.47 Å². The van der Waals surface area contributed by atoms with Crippen LogP contribution in [0.1, 0.15) is 11.5 Å². The molecule has 0 unspecified atom stereocenters. The molecule has 0 spiro atoms. The molecule has 0 radical (unpaired) electrons. The largest absolute Gasteiger partial charge is 0.468 e. The first-order chi connectivity index (χ1) is 6.70. The molecule has 0 amide bonds. The molecule has 1 rings (SSSR count). The summed E-state index contributed by atoms with van der Waals surface area (Å²) in [6.07, 6.45) is 0. The third-order valence-corrected chi connectivity index (χ3v) is 2.50. The van der Waals surface area contributed by atoms with E-state index in [4.69, 9.17) is 5.26 Å². The summed E-state index contributed by atoms with van der Waals surface area (Å²) < 4.78 is 5.26. The molecule has 0 bridgehead atoms. The number of halogens is 1. The fraction of sp³-hybridized carbons (Fsp3) is 0.200. The third-order valence-electron chi connectivity index (χ3n) is 1.78. The van der Waals surface area contributed by atoms with Gasteiger partial charge in [0.2, 0.25) is 0 Å². The Bertz CT molecular complexity index is 384. The third kappa shape index (κ3) is 2.12. The zero-order valence-electron chi connectivity index (χ0n) is 7.53. The van der Waals surface area contributed by atoms with Crippen LogP contribution in [0.15, 0.2) is 28.7 Å². The Morgan fingerprint density at radius 2 is 2.21 bits per heavy atom. The molecule has 0 aliphatic heterocycles. The lowest BCUT2D eigenvalue weighted by Gasteiger charge is -2.08. The van der Waals surface area contributed by atoms with Gasteiger partial charge in [0.25, 0.3) is 0 Å². The molecule has 14 heavy (non-hydrogen) atoms. The summed E-state index contributed by atoms with van der Waals surface area (Å²) >= 11 is 3.28. The number of ether oxygens (including phenoxy) is 1. The van der Waals surface area contributed by atoms with Crippen molar-refractivity contribution < 1.29 is 9.53 Å². The molecule has 72 valence electrons. The van der Waals surface area contributed by atoms with Crippen molar-refractivity contribution in [2.24, 2.45) is 0 Å². The van der Waals surface area contributed by atoms with Crippen LogP contribution in [0, 0.1) is 11.3 Å². The van der Waals surface area contributed by atoms with Crippen molar-refractivity contribution in [3.8, 4) is 6.07 Å². The summed E-state index contributed by atoms with van der Waals surface area (Å²) in [5.74, 6) is -1.41. The number of carbonyl (C=O) groups excluding carboxylic acids is 1. The highest BCUT2D eigenvalue weighted by molar-refractivity contribution is 9.10. The summed E-state index contributed by atoms with van der Waals surface area (Å²) in [6, 6.07) is 8.99. The molecular weight excluding hydrogens is 246 g/mol. The number of carbonyl (C=O) groups is 1. The first kappa shape index (κ1) is 10.7. The molecule has 1 aromatic rings. The minimum Gasteiger partial charge on any atom is -0.468 e. The summed E-state index contributed by atoms with van der Waals surface area (Å²) in [7, 11) is 1.27. The lowest BCUT2D eigenvalue weighted by molar-refractivity contribution is -0.141. The van der Waals surface area contributed by atoms with Crippen LogP contribution >= 0.6 is 15.9 Å². The summed E-state index contributed by atoms with van der Waals surface area (Å²) in [6.45, 7) is 0. The topological polar surface area (TPSA) is 50.1 Å². The van der Waals surface area contributed by atoms with Crippen molar-refractivity contribution in [2.75, 3.05) is 7.11 Å². The van der Waals surface area contributed by atoms with Gasteiger partial charge in [-0.15, -0.1) is 0 Å². The number of rotatable bonds is 2. The first-order valence-electron chi connectivity index (χ1n) is 3.92. The van der Waals surface area contributed by atoms with E-state index in [1.165, 1.54) is 7.11 Å². The van der Waals surface area contributed by atoms with E-state index in [9.17, 15) is 4.79 Å². The van der Waals surface area contributed by atoms with Crippen LogP contribution in [-0.2, 0) is 9.53 Å². The Labute approximate surface area is 90.4 Å². The first-order valence-corrected chi connectivity index (χ1v) is 4.72. The highest BCUT2D eigenvalue weighted by atomic mass is 79.9. The zero-order chi connectivity index (χ0) is 10.6. The molecule has 0 fully saturated rings. The molecule has 0 aromatic heterocycles. The molecule has 0 saturated carbocycles.